The van der Waals surface area contributed by atoms with E-state index in [1.54, 1.807) is 42.3 Å². The largest absolute Gasteiger partial charge is 0.491 e. The summed E-state index contributed by atoms with van der Waals surface area (Å²) in [5.74, 6) is 0.844. The summed E-state index contributed by atoms with van der Waals surface area (Å²) in [6.45, 7) is 4.39. The third-order valence-electron chi connectivity index (χ3n) is 7.97. The molecule has 0 aliphatic carbocycles. The van der Waals surface area contributed by atoms with Gasteiger partial charge in [-0.1, -0.05) is 30.3 Å². The van der Waals surface area contributed by atoms with Gasteiger partial charge < -0.3 is 19.4 Å². The van der Waals surface area contributed by atoms with Gasteiger partial charge in [-0.15, -0.1) is 0 Å². The Hall–Kier alpha value is -4.87. The first-order chi connectivity index (χ1) is 20.7. The number of carbonyl (C=O) groups excluding carboxylic acids is 1. The zero-order chi connectivity index (χ0) is 30.1. The van der Waals surface area contributed by atoms with Crippen LogP contribution in [0.2, 0.25) is 0 Å². The van der Waals surface area contributed by atoms with Gasteiger partial charge >= 0.3 is 6.18 Å². The Kier molecular flexibility index (Phi) is 7.51. The topological polar surface area (TPSA) is 94.7 Å². The Labute approximate surface area is 245 Å². The van der Waals surface area contributed by atoms with Gasteiger partial charge in [0.05, 0.1) is 23.5 Å². The smallest absolute Gasteiger partial charge is 0.417 e. The number of pyridine rings is 1. The number of amides is 1. The van der Waals surface area contributed by atoms with E-state index in [4.69, 9.17) is 4.74 Å². The maximum atomic E-state index is 13.3. The van der Waals surface area contributed by atoms with Crippen LogP contribution in [-0.2, 0) is 12.7 Å². The molecule has 6 rings (SSSR count). The van der Waals surface area contributed by atoms with E-state index in [9.17, 15) is 22.8 Å². The Bertz CT molecular complexity index is 1680. The number of nitrogens with one attached hydrogen (secondary N) is 1. The van der Waals surface area contributed by atoms with Crippen LogP contribution in [0.4, 0.5) is 24.7 Å². The molecule has 4 heterocycles. The lowest BCUT2D eigenvalue weighted by molar-refractivity contribution is -0.137. The minimum absolute atomic E-state index is 0.150. The minimum Gasteiger partial charge on any atom is -0.491 e. The van der Waals surface area contributed by atoms with Crippen molar-refractivity contribution in [3.63, 3.8) is 0 Å². The second kappa shape index (κ2) is 11.4. The summed E-state index contributed by atoms with van der Waals surface area (Å²) in [5.41, 5.74) is 3.02. The number of hydrogen-bond acceptors (Lipinski definition) is 7. The Morgan fingerprint density at radius 3 is 2.56 bits per heavy atom. The summed E-state index contributed by atoms with van der Waals surface area (Å²) in [4.78, 5) is 35.3. The number of carbonyl (C=O) groups is 1. The summed E-state index contributed by atoms with van der Waals surface area (Å²) < 4.78 is 44.9. The van der Waals surface area contributed by atoms with Crippen molar-refractivity contribution >= 4 is 17.4 Å². The summed E-state index contributed by atoms with van der Waals surface area (Å²) in [6.07, 6.45) is -1.95. The molecule has 0 unspecified atom stereocenters. The van der Waals surface area contributed by atoms with E-state index in [-0.39, 0.29) is 17.5 Å². The number of fused-ring (bicyclic) bond motifs is 1. The average Bonchev–Trinajstić information content (AvgIpc) is 3.39. The number of alkyl halides is 3. The Balaban J connectivity index is 1.12. The van der Waals surface area contributed by atoms with Gasteiger partial charge in [0.2, 0.25) is 0 Å². The van der Waals surface area contributed by atoms with Gasteiger partial charge in [0.25, 0.3) is 11.5 Å². The molecule has 2 aromatic carbocycles. The molecule has 1 atom stereocenters. The van der Waals surface area contributed by atoms with Crippen LogP contribution in [0.15, 0.2) is 77.9 Å². The van der Waals surface area contributed by atoms with Gasteiger partial charge in [-0.2, -0.15) is 18.3 Å². The lowest BCUT2D eigenvalue weighted by Gasteiger charge is -2.35. The quantitative estimate of drug-likeness (QED) is 0.351. The van der Waals surface area contributed by atoms with E-state index >= 15 is 0 Å². The van der Waals surface area contributed by atoms with Crippen molar-refractivity contribution in [2.45, 2.75) is 25.7 Å². The van der Waals surface area contributed by atoms with Gasteiger partial charge in [-0.05, 0) is 48.4 Å². The number of aromatic nitrogens is 3. The summed E-state index contributed by atoms with van der Waals surface area (Å²) in [7, 11) is 0. The minimum atomic E-state index is -4.44. The molecule has 0 saturated carbocycles. The standard InChI is InChI=1S/C31H29F3N6O3/c1-20-26(17-36-37-29(20)41)40-18-22-5-2-3-8-25(22)27(40)19-43-24-7-4-6-21(15-24)30(42)39-13-11-38(12-14-39)28-10-9-23(16-35-28)31(32,33)34/h2-10,15-17,27H,11-14,18-19H2,1H3,(H,37,41)/t27-/m0/s1. The van der Waals surface area contributed by atoms with E-state index < -0.39 is 11.7 Å². The lowest BCUT2D eigenvalue weighted by atomic mass is 10.1. The number of aromatic amines is 1. The molecule has 0 spiro atoms. The van der Waals surface area contributed by atoms with Crippen molar-refractivity contribution in [2.24, 2.45) is 0 Å². The zero-order valence-electron chi connectivity index (χ0n) is 23.3. The summed E-state index contributed by atoms with van der Waals surface area (Å²) in [5, 5.41) is 6.48. The molecule has 222 valence electrons. The van der Waals surface area contributed by atoms with Crippen molar-refractivity contribution in [3.05, 3.63) is 111 Å². The fourth-order valence-corrected chi connectivity index (χ4v) is 5.59. The molecule has 2 aliphatic rings. The van der Waals surface area contributed by atoms with Crippen molar-refractivity contribution in [1.29, 1.82) is 0 Å². The third kappa shape index (κ3) is 5.77. The number of nitrogens with zero attached hydrogens (tertiary/aromatic N) is 5. The predicted octanol–water partition coefficient (Wildman–Crippen LogP) is 4.59. The predicted molar refractivity (Wildman–Crippen MR) is 154 cm³/mol. The summed E-state index contributed by atoms with van der Waals surface area (Å²) >= 11 is 0. The molecule has 1 N–H and O–H groups in total. The number of ether oxygens (including phenoxy) is 1. The van der Waals surface area contributed by atoms with Crippen LogP contribution in [0.3, 0.4) is 0 Å². The Morgan fingerprint density at radius 1 is 1.02 bits per heavy atom. The highest BCUT2D eigenvalue weighted by Crippen LogP contribution is 2.38. The van der Waals surface area contributed by atoms with Crippen LogP contribution in [0.25, 0.3) is 0 Å². The van der Waals surface area contributed by atoms with E-state index in [1.807, 2.05) is 17.0 Å². The van der Waals surface area contributed by atoms with Crippen LogP contribution in [0.1, 0.15) is 38.7 Å². The molecule has 1 saturated heterocycles. The molecule has 1 fully saturated rings. The fraction of sp³-hybridized carbons (Fsp3) is 0.290. The first-order valence-electron chi connectivity index (χ1n) is 13.9. The number of H-pyrrole nitrogens is 1. The van der Waals surface area contributed by atoms with Crippen LogP contribution in [0.5, 0.6) is 5.75 Å². The molecule has 2 aliphatic heterocycles. The summed E-state index contributed by atoms with van der Waals surface area (Å²) in [6, 6.07) is 17.3. The van der Waals surface area contributed by atoms with Gasteiger partial charge in [-0.25, -0.2) is 10.1 Å². The van der Waals surface area contributed by atoms with Gasteiger partial charge in [0.1, 0.15) is 18.2 Å². The van der Waals surface area contributed by atoms with Crippen molar-refractivity contribution in [3.8, 4) is 5.75 Å². The van der Waals surface area contributed by atoms with Crippen molar-refractivity contribution in [1.82, 2.24) is 20.1 Å². The van der Waals surface area contributed by atoms with Crippen molar-refractivity contribution in [2.75, 3.05) is 42.6 Å². The van der Waals surface area contributed by atoms with Crippen LogP contribution < -0.4 is 20.1 Å². The van der Waals surface area contributed by atoms with Gasteiger partial charge in [0.15, 0.2) is 0 Å². The van der Waals surface area contributed by atoms with Crippen LogP contribution in [-0.4, -0.2) is 58.8 Å². The molecule has 1 amide bonds. The molecule has 12 heteroatoms. The Morgan fingerprint density at radius 2 is 1.81 bits per heavy atom. The monoisotopic (exact) mass is 590 g/mol. The molecular formula is C31H29F3N6O3. The molecule has 0 radical (unpaired) electrons. The zero-order valence-corrected chi connectivity index (χ0v) is 23.3. The SMILES string of the molecule is Cc1c(N2Cc3ccccc3[C@@H]2COc2cccc(C(=O)N3CCN(c4ccc(C(F)(F)F)cn4)CC3)c2)cn[nH]c1=O. The van der Waals surface area contributed by atoms with Gasteiger partial charge in [-0.3, -0.25) is 9.59 Å². The number of benzene rings is 2. The number of anilines is 2. The first kappa shape index (κ1) is 28.3. The lowest BCUT2D eigenvalue weighted by Crippen LogP contribution is -2.49. The average molecular weight is 591 g/mol. The van der Waals surface area contributed by atoms with Crippen LogP contribution in [0, 0.1) is 6.92 Å². The second-order valence-electron chi connectivity index (χ2n) is 10.6. The van der Waals surface area contributed by atoms with E-state index in [0.717, 1.165) is 29.1 Å². The number of hydrogen-bond donors (Lipinski definition) is 1. The van der Waals surface area contributed by atoms with E-state index in [0.29, 0.717) is 62.0 Å². The highest BCUT2D eigenvalue weighted by atomic mass is 19.4. The fourth-order valence-electron chi connectivity index (χ4n) is 5.59. The number of piperazine rings is 1. The molecule has 2 aromatic heterocycles. The maximum absolute atomic E-state index is 13.3. The van der Waals surface area contributed by atoms with Crippen molar-refractivity contribution < 1.29 is 22.7 Å². The van der Waals surface area contributed by atoms with Gasteiger partial charge in [0, 0.05) is 50.0 Å². The van der Waals surface area contributed by atoms with E-state index in [2.05, 4.69) is 32.2 Å². The highest BCUT2D eigenvalue weighted by molar-refractivity contribution is 5.94. The maximum Gasteiger partial charge on any atom is 0.417 e. The van der Waals surface area contributed by atoms with E-state index in [1.165, 1.54) is 6.07 Å². The molecule has 0 bridgehead atoms. The first-order valence-corrected chi connectivity index (χ1v) is 13.9. The number of rotatable bonds is 6. The third-order valence-corrected chi connectivity index (χ3v) is 7.97. The normalized spacial score (nSPS) is 16.7. The second-order valence-corrected chi connectivity index (χ2v) is 10.6. The van der Waals surface area contributed by atoms with Crippen LogP contribution >= 0.6 is 0 Å². The molecular weight excluding hydrogens is 561 g/mol. The molecule has 43 heavy (non-hydrogen) atoms. The number of halogens is 3. The highest BCUT2D eigenvalue weighted by Gasteiger charge is 2.33. The molecule has 4 aromatic rings. The molecule has 9 nitrogen and oxygen atoms in total.